The van der Waals surface area contributed by atoms with Gasteiger partial charge in [-0.25, -0.2) is 0 Å². The van der Waals surface area contributed by atoms with E-state index in [9.17, 15) is 10.1 Å². The van der Waals surface area contributed by atoms with Crippen molar-refractivity contribution >= 4 is 27.2 Å². The number of halogens is 1. The molecule has 4 nitrogen and oxygen atoms in total. The van der Waals surface area contributed by atoms with E-state index in [1.165, 1.54) is 19.2 Å². The average molecular weight is 272 g/mol. The summed E-state index contributed by atoms with van der Waals surface area (Å²) in [5.74, 6) is 0.588. The molecule has 0 amide bonds. The molecule has 80 valence electrons. The van der Waals surface area contributed by atoms with Crippen LogP contribution in [0.2, 0.25) is 0 Å². The number of rotatable bonds is 4. The molecule has 0 unspecified atom stereocenters. The van der Waals surface area contributed by atoms with Gasteiger partial charge in [-0.05, 0) is 11.6 Å². The Balaban J connectivity index is 3.25. The van der Waals surface area contributed by atoms with Gasteiger partial charge in [0.1, 0.15) is 5.75 Å². The van der Waals surface area contributed by atoms with E-state index in [0.717, 1.165) is 5.57 Å². The van der Waals surface area contributed by atoms with Crippen LogP contribution in [0.15, 0.2) is 24.8 Å². The molecule has 0 heterocycles. The molecule has 0 bridgehead atoms. The molecule has 0 spiro atoms. The molecule has 0 radical (unpaired) electrons. The lowest BCUT2D eigenvalue weighted by atomic mass is 10.1. The smallest absolute Gasteiger partial charge is 0.270 e. The van der Waals surface area contributed by atoms with E-state index in [0.29, 0.717) is 16.6 Å². The maximum atomic E-state index is 10.6. The quantitative estimate of drug-likeness (QED) is 0.481. The average Bonchev–Trinajstić information content (AvgIpc) is 2.27. The van der Waals surface area contributed by atoms with Crippen molar-refractivity contribution in [2.75, 3.05) is 12.4 Å². The summed E-state index contributed by atoms with van der Waals surface area (Å²) in [5.41, 5.74) is 1.44. The first-order chi connectivity index (χ1) is 7.10. The minimum Gasteiger partial charge on any atom is -0.496 e. The minimum atomic E-state index is -0.440. The van der Waals surface area contributed by atoms with E-state index >= 15 is 0 Å². The first kappa shape index (κ1) is 11.7. The van der Waals surface area contributed by atoms with Crippen LogP contribution >= 0.6 is 15.9 Å². The van der Waals surface area contributed by atoms with E-state index in [4.69, 9.17) is 4.74 Å². The second kappa shape index (κ2) is 4.93. The molecule has 1 rings (SSSR count). The van der Waals surface area contributed by atoms with Gasteiger partial charge in [-0.2, -0.15) is 0 Å². The van der Waals surface area contributed by atoms with Crippen molar-refractivity contribution in [1.82, 2.24) is 0 Å². The number of ether oxygens (including phenoxy) is 1. The predicted octanol–water partition coefficient (Wildman–Crippen LogP) is 3.01. The largest absolute Gasteiger partial charge is 0.496 e. The summed E-state index contributed by atoms with van der Waals surface area (Å²) < 4.78 is 5.10. The van der Waals surface area contributed by atoms with Crippen molar-refractivity contribution < 1.29 is 9.66 Å². The maximum absolute atomic E-state index is 10.6. The van der Waals surface area contributed by atoms with E-state index in [1.807, 2.05) is 0 Å². The zero-order chi connectivity index (χ0) is 11.4. The first-order valence-electron chi connectivity index (χ1n) is 4.16. The van der Waals surface area contributed by atoms with Gasteiger partial charge < -0.3 is 4.74 Å². The van der Waals surface area contributed by atoms with Crippen LogP contribution in [0.5, 0.6) is 5.75 Å². The van der Waals surface area contributed by atoms with Gasteiger partial charge in [-0.15, -0.1) is 0 Å². The zero-order valence-electron chi connectivity index (χ0n) is 8.20. The van der Waals surface area contributed by atoms with Crippen LogP contribution in [0.1, 0.15) is 5.56 Å². The number of allylic oxidation sites excluding steroid dienone is 1. The van der Waals surface area contributed by atoms with Crippen LogP contribution in [-0.4, -0.2) is 17.4 Å². The van der Waals surface area contributed by atoms with Crippen LogP contribution in [0.25, 0.3) is 5.57 Å². The molecular formula is C10H10BrNO3. The van der Waals surface area contributed by atoms with Crippen LogP contribution in [0.3, 0.4) is 0 Å². The molecule has 0 saturated heterocycles. The fraction of sp³-hybridized carbons (Fsp3) is 0.200. The standard InChI is InChI=1S/C10H10BrNO3/c1-7(6-11)9-5-8(12(13)14)3-4-10(9)15-2/h3-5H,1,6H2,2H3. The highest BCUT2D eigenvalue weighted by Gasteiger charge is 2.12. The number of nitrogens with zero attached hydrogens (tertiary/aromatic N) is 1. The summed E-state index contributed by atoms with van der Waals surface area (Å²) in [5, 5.41) is 11.1. The number of nitro groups is 1. The molecular weight excluding hydrogens is 262 g/mol. The zero-order valence-corrected chi connectivity index (χ0v) is 9.78. The van der Waals surface area contributed by atoms with Crippen LogP contribution < -0.4 is 4.74 Å². The van der Waals surface area contributed by atoms with Gasteiger partial charge in [0, 0.05) is 23.0 Å². The third-order valence-corrected chi connectivity index (χ3v) is 2.61. The highest BCUT2D eigenvalue weighted by molar-refractivity contribution is 9.09. The van der Waals surface area contributed by atoms with Gasteiger partial charge in [-0.1, -0.05) is 22.5 Å². The molecule has 5 heteroatoms. The van der Waals surface area contributed by atoms with Crippen molar-refractivity contribution in [3.05, 3.63) is 40.5 Å². The van der Waals surface area contributed by atoms with E-state index < -0.39 is 4.92 Å². The first-order valence-corrected chi connectivity index (χ1v) is 5.28. The molecule has 0 N–H and O–H groups in total. The number of nitro benzene ring substituents is 1. The summed E-state index contributed by atoms with van der Waals surface area (Å²) in [6, 6.07) is 4.44. The second-order valence-corrected chi connectivity index (χ2v) is 3.44. The molecule has 0 aliphatic carbocycles. The van der Waals surface area contributed by atoms with E-state index in [1.54, 1.807) is 6.07 Å². The SMILES string of the molecule is C=C(CBr)c1cc([N+](=O)[O-])ccc1OC. The molecule has 0 saturated carbocycles. The third-order valence-electron chi connectivity index (χ3n) is 1.94. The Bertz CT molecular complexity index is 404. The lowest BCUT2D eigenvalue weighted by Crippen LogP contribution is -1.95. The lowest BCUT2D eigenvalue weighted by molar-refractivity contribution is -0.384. The van der Waals surface area contributed by atoms with Crippen molar-refractivity contribution in [1.29, 1.82) is 0 Å². The number of non-ortho nitro benzene ring substituents is 1. The molecule has 1 aromatic carbocycles. The van der Waals surface area contributed by atoms with Gasteiger partial charge in [-0.3, -0.25) is 10.1 Å². The Hall–Kier alpha value is -1.36. The summed E-state index contributed by atoms with van der Waals surface area (Å²) in [4.78, 5) is 10.1. The topological polar surface area (TPSA) is 52.4 Å². The van der Waals surface area contributed by atoms with Crippen LogP contribution in [0.4, 0.5) is 5.69 Å². The predicted molar refractivity (Wildman–Crippen MR) is 62.5 cm³/mol. The second-order valence-electron chi connectivity index (χ2n) is 2.88. The minimum absolute atomic E-state index is 0.0351. The third kappa shape index (κ3) is 2.56. The number of alkyl halides is 1. The van der Waals surface area contributed by atoms with Gasteiger partial charge in [0.15, 0.2) is 0 Å². The highest BCUT2D eigenvalue weighted by atomic mass is 79.9. The molecule has 0 aliphatic rings. The molecule has 0 aromatic heterocycles. The number of hydrogen-bond acceptors (Lipinski definition) is 3. The van der Waals surface area contributed by atoms with Gasteiger partial charge in [0.25, 0.3) is 5.69 Å². The Morgan fingerprint density at radius 1 is 1.67 bits per heavy atom. The maximum Gasteiger partial charge on any atom is 0.270 e. The number of methoxy groups -OCH3 is 1. The summed E-state index contributed by atoms with van der Waals surface area (Å²) >= 11 is 3.25. The molecule has 15 heavy (non-hydrogen) atoms. The normalized spacial score (nSPS) is 9.73. The number of benzene rings is 1. The number of hydrogen-bond donors (Lipinski definition) is 0. The van der Waals surface area contributed by atoms with Crippen molar-refractivity contribution in [2.24, 2.45) is 0 Å². The monoisotopic (exact) mass is 271 g/mol. The van der Waals surface area contributed by atoms with Gasteiger partial charge in [0.05, 0.1) is 12.0 Å². The van der Waals surface area contributed by atoms with Crippen molar-refractivity contribution in [2.45, 2.75) is 0 Å². The van der Waals surface area contributed by atoms with E-state index in [2.05, 4.69) is 22.5 Å². The van der Waals surface area contributed by atoms with Crippen molar-refractivity contribution in [3.8, 4) is 5.75 Å². The Morgan fingerprint density at radius 2 is 2.33 bits per heavy atom. The molecule has 0 fully saturated rings. The molecule has 0 atom stereocenters. The Morgan fingerprint density at radius 3 is 2.80 bits per heavy atom. The van der Waals surface area contributed by atoms with Crippen molar-refractivity contribution in [3.63, 3.8) is 0 Å². The van der Waals surface area contributed by atoms with E-state index in [-0.39, 0.29) is 5.69 Å². The van der Waals surface area contributed by atoms with Gasteiger partial charge in [0.2, 0.25) is 0 Å². The highest BCUT2D eigenvalue weighted by Crippen LogP contribution is 2.29. The fourth-order valence-electron chi connectivity index (χ4n) is 1.16. The van der Waals surface area contributed by atoms with Gasteiger partial charge >= 0.3 is 0 Å². The summed E-state index contributed by atoms with van der Waals surface area (Å²) in [6.07, 6.45) is 0. The lowest BCUT2D eigenvalue weighted by Gasteiger charge is -2.08. The fourth-order valence-corrected chi connectivity index (χ4v) is 1.46. The molecule has 0 aliphatic heterocycles. The summed E-state index contributed by atoms with van der Waals surface area (Å²) in [6.45, 7) is 3.80. The Labute approximate surface area is 95.8 Å². The van der Waals surface area contributed by atoms with Crippen LogP contribution in [0, 0.1) is 10.1 Å². The molecule has 1 aromatic rings. The summed E-state index contributed by atoms with van der Waals surface area (Å²) in [7, 11) is 1.52. The Kier molecular flexibility index (Phi) is 3.85. The van der Waals surface area contributed by atoms with Crippen LogP contribution in [-0.2, 0) is 0 Å².